The Balaban J connectivity index is 2.13. The highest BCUT2D eigenvalue weighted by Crippen LogP contribution is 2.25. The number of fused-ring (bicyclic) bond motifs is 1. The first-order valence-electron chi connectivity index (χ1n) is 5.52. The summed E-state index contributed by atoms with van der Waals surface area (Å²) in [5.74, 6) is 2.77. The smallest absolute Gasteiger partial charge is 0.00784 e. The highest BCUT2D eigenvalue weighted by atomic mass is 32.2. The second-order valence-corrected chi connectivity index (χ2v) is 5.57. The molecule has 0 spiro atoms. The van der Waals surface area contributed by atoms with E-state index < -0.39 is 0 Å². The van der Waals surface area contributed by atoms with Crippen LogP contribution in [0.25, 0.3) is 10.8 Å². The van der Waals surface area contributed by atoms with Crippen LogP contribution in [0.1, 0.15) is 6.92 Å². The van der Waals surface area contributed by atoms with Crippen molar-refractivity contribution in [3.63, 3.8) is 0 Å². The van der Waals surface area contributed by atoms with Gasteiger partial charge < -0.3 is 0 Å². The molecule has 0 N–H and O–H groups in total. The number of thioether (sulfide) groups is 1. The molecule has 16 heavy (non-hydrogen) atoms. The summed E-state index contributed by atoms with van der Waals surface area (Å²) in [4.78, 5) is 1.35. The third-order valence-corrected chi connectivity index (χ3v) is 4.51. The molecule has 84 valence electrons. The van der Waals surface area contributed by atoms with Crippen LogP contribution in [-0.2, 0) is 0 Å². The minimum absolute atomic E-state index is 0.666. The molecule has 0 nitrogen and oxygen atoms in total. The predicted octanol–water partition coefficient (Wildman–Crippen LogP) is 4.50. The van der Waals surface area contributed by atoms with Gasteiger partial charge in [0.05, 0.1) is 0 Å². The Hall–Kier alpha value is -0.600. The highest BCUT2D eigenvalue weighted by molar-refractivity contribution is 7.99. The van der Waals surface area contributed by atoms with Gasteiger partial charge in [-0.3, -0.25) is 0 Å². The Morgan fingerprint density at radius 1 is 1.12 bits per heavy atom. The fourth-order valence-electron chi connectivity index (χ4n) is 1.55. The molecule has 1 atom stereocenters. The van der Waals surface area contributed by atoms with Gasteiger partial charge in [0.1, 0.15) is 0 Å². The van der Waals surface area contributed by atoms with Crippen LogP contribution < -0.4 is 0 Å². The van der Waals surface area contributed by atoms with Crippen molar-refractivity contribution in [1.82, 2.24) is 0 Å². The van der Waals surface area contributed by atoms with E-state index in [0.717, 1.165) is 11.5 Å². The third kappa shape index (κ3) is 2.96. The molecular weight excluding hydrogens is 232 g/mol. The van der Waals surface area contributed by atoms with Crippen molar-refractivity contribution < 1.29 is 0 Å². The molecule has 0 bridgehead atoms. The maximum Gasteiger partial charge on any atom is 0.00784 e. The van der Waals surface area contributed by atoms with E-state index in [9.17, 15) is 0 Å². The van der Waals surface area contributed by atoms with Crippen molar-refractivity contribution >= 4 is 35.2 Å². The normalized spacial score (nSPS) is 12.9. The maximum atomic E-state index is 4.31. The van der Waals surface area contributed by atoms with Crippen LogP contribution in [0.2, 0.25) is 0 Å². The summed E-state index contributed by atoms with van der Waals surface area (Å²) >= 11 is 6.23. The van der Waals surface area contributed by atoms with Crippen molar-refractivity contribution in [1.29, 1.82) is 0 Å². The van der Waals surface area contributed by atoms with E-state index in [1.165, 1.54) is 15.7 Å². The largest absolute Gasteiger partial charge is 0.179 e. The van der Waals surface area contributed by atoms with E-state index in [4.69, 9.17) is 0 Å². The van der Waals surface area contributed by atoms with Crippen molar-refractivity contribution in [3.8, 4) is 0 Å². The summed E-state index contributed by atoms with van der Waals surface area (Å²) in [7, 11) is 0. The summed E-state index contributed by atoms with van der Waals surface area (Å²) in [6.45, 7) is 2.24. The molecule has 0 fully saturated rings. The van der Waals surface area contributed by atoms with Gasteiger partial charge in [-0.05, 0) is 34.6 Å². The van der Waals surface area contributed by atoms with Crippen LogP contribution in [0.5, 0.6) is 0 Å². The quantitative estimate of drug-likeness (QED) is 0.614. The second-order valence-electron chi connectivity index (χ2n) is 4.11. The van der Waals surface area contributed by atoms with E-state index >= 15 is 0 Å². The van der Waals surface area contributed by atoms with Gasteiger partial charge in [-0.15, -0.1) is 11.8 Å². The van der Waals surface area contributed by atoms with Gasteiger partial charge in [0.2, 0.25) is 0 Å². The molecule has 0 heterocycles. The first kappa shape index (κ1) is 11.9. The van der Waals surface area contributed by atoms with E-state index in [-0.39, 0.29) is 0 Å². The first-order valence-corrected chi connectivity index (χ1v) is 7.14. The lowest BCUT2D eigenvalue weighted by Gasteiger charge is -2.08. The van der Waals surface area contributed by atoms with Crippen LogP contribution in [0.15, 0.2) is 47.4 Å². The number of benzene rings is 2. The van der Waals surface area contributed by atoms with Crippen LogP contribution in [-0.4, -0.2) is 11.5 Å². The molecule has 0 aliphatic heterocycles. The topological polar surface area (TPSA) is 0 Å². The SMILES string of the molecule is CC(CS)CSc1ccc2ccccc2c1. The Morgan fingerprint density at radius 3 is 2.62 bits per heavy atom. The zero-order valence-electron chi connectivity index (χ0n) is 9.39. The zero-order valence-corrected chi connectivity index (χ0v) is 11.1. The molecule has 2 rings (SSSR count). The standard InChI is InChI=1S/C14H16S2/c1-11(9-15)10-16-14-7-6-12-4-2-3-5-13(12)8-14/h2-8,11,15H,9-10H2,1H3. The fourth-order valence-corrected chi connectivity index (χ4v) is 2.82. The Kier molecular flexibility index (Phi) is 4.19. The molecule has 0 radical (unpaired) electrons. The maximum absolute atomic E-state index is 4.31. The van der Waals surface area contributed by atoms with Crippen molar-refractivity contribution in [2.45, 2.75) is 11.8 Å². The Labute approximate surface area is 107 Å². The molecule has 2 heteroatoms. The Bertz CT molecular complexity index is 465. The molecule has 2 aromatic rings. The molecule has 1 unspecified atom stereocenters. The summed E-state index contributed by atoms with van der Waals surface area (Å²) in [5, 5.41) is 2.64. The summed E-state index contributed by atoms with van der Waals surface area (Å²) in [6, 6.07) is 15.2. The molecule has 0 saturated heterocycles. The molecule has 0 amide bonds. The van der Waals surface area contributed by atoms with Crippen LogP contribution >= 0.6 is 24.4 Å². The van der Waals surface area contributed by atoms with Crippen LogP contribution in [0.4, 0.5) is 0 Å². The summed E-state index contributed by atoms with van der Waals surface area (Å²) in [5.41, 5.74) is 0. The number of thiol groups is 1. The average Bonchev–Trinajstić information content (AvgIpc) is 2.35. The van der Waals surface area contributed by atoms with Crippen molar-refractivity contribution in [2.24, 2.45) is 5.92 Å². The van der Waals surface area contributed by atoms with Crippen LogP contribution in [0.3, 0.4) is 0 Å². The summed E-state index contributed by atoms with van der Waals surface area (Å²) in [6.07, 6.45) is 0. The molecule has 0 aromatic heterocycles. The highest BCUT2D eigenvalue weighted by Gasteiger charge is 2.01. The van der Waals surface area contributed by atoms with Crippen molar-refractivity contribution in [2.75, 3.05) is 11.5 Å². The van der Waals surface area contributed by atoms with Gasteiger partial charge in [0, 0.05) is 10.6 Å². The monoisotopic (exact) mass is 248 g/mol. The predicted molar refractivity (Wildman–Crippen MR) is 77.7 cm³/mol. The van der Waals surface area contributed by atoms with Gasteiger partial charge in [0.25, 0.3) is 0 Å². The lowest BCUT2D eigenvalue weighted by molar-refractivity contribution is 0.767. The summed E-state index contributed by atoms with van der Waals surface area (Å²) < 4.78 is 0. The van der Waals surface area contributed by atoms with E-state index in [1.807, 2.05) is 11.8 Å². The number of hydrogen-bond acceptors (Lipinski definition) is 2. The lowest BCUT2D eigenvalue weighted by atomic mass is 10.1. The molecule has 0 aliphatic carbocycles. The second kappa shape index (κ2) is 5.65. The number of rotatable bonds is 4. The molecule has 0 aliphatic rings. The lowest BCUT2D eigenvalue weighted by Crippen LogP contribution is -1.98. The van der Waals surface area contributed by atoms with E-state index in [0.29, 0.717) is 5.92 Å². The van der Waals surface area contributed by atoms with Crippen LogP contribution in [0, 0.1) is 5.92 Å². The first-order chi connectivity index (χ1) is 7.79. The molecular formula is C14H16S2. The van der Waals surface area contributed by atoms with Gasteiger partial charge in [0.15, 0.2) is 0 Å². The number of hydrogen-bond donors (Lipinski definition) is 1. The van der Waals surface area contributed by atoms with E-state index in [2.05, 4.69) is 62.0 Å². The van der Waals surface area contributed by atoms with Gasteiger partial charge >= 0.3 is 0 Å². The molecule has 0 saturated carbocycles. The molecule has 2 aromatic carbocycles. The van der Waals surface area contributed by atoms with Gasteiger partial charge in [-0.25, -0.2) is 0 Å². The van der Waals surface area contributed by atoms with Crippen molar-refractivity contribution in [3.05, 3.63) is 42.5 Å². The minimum Gasteiger partial charge on any atom is -0.179 e. The minimum atomic E-state index is 0.666. The fraction of sp³-hybridized carbons (Fsp3) is 0.286. The van der Waals surface area contributed by atoms with Gasteiger partial charge in [-0.2, -0.15) is 12.6 Å². The third-order valence-electron chi connectivity index (χ3n) is 2.57. The van der Waals surface area contributed by atoms with Gasteiger partial charge in [-0.1, -0.05) is 37.3 Å². The zero-order chi connectivity index (χ0) is 11.4. The Morgan fingerprint density at radius 2 is 1.88 bits per heavy atom. The van der Waals surface area contributed by atoms with E-state index in [1.54, 1.807) is 0 Å². The average molecular weight is 248 g/mol.